The molecule has 1 fully saturated rings. The van der Waals surface area contributed by atoms with Crippen molar-refractivity contribution in [3.63, 3.8) is 0 Å². The van der Waals surface area contributed by atoms with Gasteiger partial charge in [-0.15, -0.1) is 0 Å². The molecule has 1 amide bonds. The van der Waals surface area contributed by atoms with Crippen molar-refractivity contribution in [2.24, 2.45) is 0 Å². The Bertz CT molecular complexity index is 625. The topological polar surface area (TPSA) is 45.7 Å². The van der Waals surface area contributed by atoms with E-state index in [-0.39, 0.29) is 5.91 Å². The lowest BCUT2D eigenvalue weighted by Crippen LogP contribution is -2.50. The predicted molar refractivity (Wildman–Crippen MR) is 89.2 cm³/mol. The highest BCUT2D eigenvalue weighted by molar-refractivity contribution is 5.82. The molecule has 23 heavy (non-hydrogen) atoms. The van der Waals surface area contributed by atoms with E-state index in [1.165, 1.54) is 0 Å². The van der Waals surface area contributed by atoms with Gasteiger partial charge >= 0.3 is 0 Å². The fourth-order valence-electron chi connectivity index (χ4n) is 2.87. The van der Waals surface area contributed by atoms with Gasteiger partial charge in [0.15, 0.2) is 6.10 Å². The number of carbonyl (C=O) groups is 1. The van der Waals surface area contributed by atoms with Crippen LogP contribution in [0.1, 0.15) is 11.7 Å². The molecule has 1 aromatic carbocycles. The molecule has 0 spiro atoms. The highest BCUT2D eigenvalue weighted by atomic mass is 16.5. The molecule has 3 rings (SSSR count). The van der Waals surface area contributed by atoms with Gasteiger partial charge in [0, 0.05) is 39.5 Å². The lowest BCUT2D eigenvalue weighted by molar-refractivity contribution is -0.142. The molecule has 0 aliphatic carbocycles. The molecule has 120 valence electrons. The van der Waals surface area contributed by atoms with E-state index >= 15 is 0 Å². The number of benzene rings is 1. The molecule has 5 heteroatoms. The zero-order chi connectivity index (χ0) is 16.1. The Hall–Kier alpha value is -2.40. The van der Waals surface area contributed by atoms with E-state index in [9.17, 15) is 4.79 Å². The van der Waals surface area contributed by atoms with Gasteiger partial charge in [0.1, 0.15) is 5.82 Å². The number of nitrogens with zero attached hydrogens (tertiary/aromatic N) is 3. The molecular weight excluding hydrogens is 290 g/mol. The number of rotatable bonds is 4. The van der Waals surface area contributed by atoms with Gasteiger partial charge < -0.3 is 14.5 Å². The van der Waals surface area contributed by atoms with E-state index < -0.39 is 6.10 Å². The predicted octanol–water partition coefficient (Wildman–Crippen LogP) is 2.12. The Morgan fingerprint density at radius 1 is 1.04 bits per heavy atom. The lowest BCUT2D eigenvalue weighted by atomic mass is 10.1. The van der Waals surface area contributed by atoms with Crippen LogP contribution in [0, 0.1) is 0 Å². The van der Waals surface area contributed by atoms with Crippen LogP contribution in [0.15, 0.2) is 54.7 Å². The largest absolute Gasteiger partial charge is 0.367 e. The smallest absolute Gasteiger partial charge is 0.256 e. The quantitative estimate of drug-likeness (QED) is 0.868. The number of aromatic nitrogens is 1. The summed E-state index contributed by atoms with van der Waals surface area (Å²) < 4.78 is 5.45. The van der Waals surface area contributed by atoms with Crippen LogP contribution in [0.4, 0.5) is 5.82 Å². The Morgan fingerprint density at radius 3 is 2.35 bits per heavy atom. The highest BCUT2D eigenvalue weighted by Gasteiger charge is 2.28. The van der Waals surface area contributed by atoms with Crippen molar-refractivity contribution in [1.29, 1.82) is 0 Å². The van der Waals surface area contributed by atoms with Crippen LogP contribution in [-0.4, -0.2) is 49.1 Å². The molecule has 0 saturated carbocycles. The van der Waals surface area contributed by atoms with E-state index in [1.807, 2.05) is 53.4 Å². The van der Waals surface area contributed by atoms with Crippen molar-refractivity contribution in [3.05, 3.63) is 60.3 Å². The van der Waals surface area contributed by atoms with E-state index in [1.54, 1.807) is 13.3 Å². The minimum absolute atomic E-state index is 0.0272. The molecule has 1 unspecified atom stereocenters. The second-order valence-electron chi connectivity index (χ2n) is 5.53. The summed E-state index contributed by atoms with van der Waals surface area (Å²) in [5.74, 6) is 0.991. The van der Waals surface area contributed by atoms with Crippen LogP contribution in [0.5, 0.6) is 0 Å². The maximum Gasteiger partial charge on any atom is 0.256 e. The molecule has 5 nitrogen and oxygen atoms in total. The van der Waals surface area contributed by atoms with Crippen molar-refractivity contribution in [2.75, 3.05) is 38.2 Å². The van der Waals surface area contributed by atoms with E-state index in [0.29, 0.717) is 13.1 Å². The number of pyridine rings is 1. The molecule has 1 aliphatic rings. The van der Waals surface area contributed by atoms with Crippen molar-refractivity contribution in [2.45, 2.75) is 6.10 Å². The van der Waals surface area contributed by atoms with Gasteiger partial charge in [-0.05, 0) is 17.7 Å². The fraction of sp³-hybridized carbons (Fsp3) is 0.333. The third kappa shape index (κ3) is 3.51. The fourth-order valence-corrected chi connectivity index (χ4v) is 2.87. The molecule has 0 radical (unpaired) electrons. The maximum absolute atomic E-state index is 12.7. The number of piperazine rings is 1. The first-order valence-corrected chi connectivity index (χ1v) is 7.82. The van der Waals surface area contributed by atoms with Crippen LogP contribution >= 0.6 is 0 Å². The van der Waals surface area contributed by atoms with Crippen LogP contribution in [0.2, 0.25) is 0 Å². The number of carbonyl (C=O) groups excluding carboxylic acids is 1. The van der Waals surface area contributed by atoms with Gasteiger partial charge in [-0.3, -0.25) is 4.79 Å². The molecule has 1 aliphatic heterocycles. The number of hydrogen-bond acceptors (Lipinski definition) is 4. The van der Waals surface area contributed by atoms with Gasteiger partial charge in [-0.25, -0.2) is 4.98 Å². The van der Waals surface area contributed by atoms with Crippen molar-refractivity contribution >= 4 is 11.7 Å². The maximum atomic E-state index is 12.7. The van der Waals surface area contributed by atoms with Crippen LogP contribution < -0.4 is 4.90 Å². The number of methoxy groups -OCH3 is 1. The lowest BCUT2D eigenvalue weighted by Gasteiger charge is -2.36. The van der Waals surface area contributed by atoms with E-state index in [2.05, 4.69) is 9.88 Å². The number of anilines is 1. The summed E-state index contributed by atoms with van der Waals surface area (Å²) in [6.45, 7) is 2.94. The Labute approximate surface area is 136 Å². The molecule has 1 saturated heterocycles. The first-order chi connectivity index (χ1) is 11.3. The Morgan fingerprint density at radius 2 is 1.74 bits per heavy atom. The Kier molecular flexibility index (Phi) is 4.88. The summed E-state index contributed by atoms with van der Waals surface area (Å²) in [6, 6.07) is 15.5. The molecule has 1 atom stereocenters. The minimum atomic E-state index is -0.530. The summed E-state index contributed by atoms with van der Waals surface area (Å²) in [4.78, 5) is 21.2. The van der Waals surface area contributed by atoms with Gasteiger partial charge in [-0.2, -0.15) is 0 Å². The molecule has 2 aromatic rings. The second kappa shape index (κ2) is 7.24. The summed E-state index contributed by atoms with van der Waals surface area (Å²) in [6.07, 6.45) is 1.26. The number of ether oxygens (including phenoxy) is 1. The first-order valence-electron chi connectivity index (χ1n) is 7.82. The molecular formula is C18H21N3O2. The monoisotopic (exact) mass is 311 g/mol. The second-order valence-corrected chi connectivity index (χ2v) is 5.53. The standard InChI is InChI=1S/C18H21N3O2/c1-23-17(15-7-3-2-4-8-15)18(22)21-13-11-20(12-14-21)16-9-5-6-10-19-16/h2-10,17H,11-14H2,1H3. The highest BCUT2D eigenvalue weighted by Crippen LogP contribution is 2.21. The number of hydrogen-bond donors (Lipinski definition) is 0. The van der Waals surface area contributed by atoms with Crippen LogP contribution in [0.3, 0.4) is 0 Å². The van der Waals surface area contributed by atoms with Gasteiger partial charge in [-0.1, -0.05) is 36.4 Å². The molecule has 0 bridgehead atoms. The molecule has 0 N–H and O–H groups in total. The Balaban J connectivity index is 1.64. The van der Waals surface area contributed by atoms with Crippen molar-refractivity contribution in [3.8, 4) is 0 Å². The molecule has 1 aromatic heterocycles. The first kappa shape index (κ1) is 15.5. The minimum Gasteiger partial charge on any atom is -0.367 e. The van der Waals surface area contributed by atoms with Crippen molar-refractivity contribution in [1.82, 2.24) is 9.88 Å². The SMILES string of the molecule is COC(C(=O)N1CCN(c2ccccn2)CC1)c1ccccc1. The van der Waals surface area contributed by atoms with Crippen molar-refractivity contribution < 1.29 is 9.53 Å². The van der Waals surface area contributed by atoms with Gasteiger partial charge in [0.2, 0.25) is 0 Å². The summed E-state index contributed by atoms with van der Waals surface area (Å²) in [5.41, 5.74) is 0.896. The zero-order valence-corrected chi connectivity index (χ0v) is 13.3. The van der Waals surface area contributed by atoms with Crippen LogP contribution in [0.25, 0.3) is 0 Å². The summed E-state index contributed by atoms with van der Waals surface area (Å²) in [7, 11) is 1.58. The number of amides is 1. The summed E-state index contributed by atoms with van der Waals surface area (Å²) in [5, 5.41) is 0. The molecule has 2 heterocycles. The third-order valence-electron chi connectivity index (χ3n) is 4.13. The van der Waals surface area contributed by atoms with E-state index in [0.717, 1.165) is 24.5 Å². The van der Waals surface area contributed by atoms with Gasteiger partial charge in [0.25, 0.3) is 5.91 Å². The average molecular weight is 311 g/mol. The zero-order valence-electron chi connectivity index (χ0n) is 13.3. The van der Waals surface area contributed by atoms with Gasteiger partial charge in [0.05, 0.1) is 0 Å². The average Bonchev–Trinajstić information content (AvgIpc) is 2.64. The van der Waals surface area contributed by atoms with Crippen LogP contribution in [-0.2, 0) is 9.53 Å². The summed E-state index contributed by atoms with van der Waals surface area (Å²) >= 11 is 0. The third-order valence-corrected chi connectivity index (χ3v) is 4.13. The van der Waals surface area contributed by atoms with E-state index in [4.69, 9.17) is 4.74 Å². The normalized spacial score (nSPS) is 16.2.